The Labute approximate surface area is 151 Å². The molecule has 4 heteroatoms. The van der Waals surface area contributed by atoms with Gasteiger partial charge in [0.05, 0.1) is 6.20 Å². The van der Waals surface area contributed by atoms with Crippen molar-refractivity contribution in [3.05, 3.63) is 97.0 Å². The highest BCUT2D eigenvalue weighted by Gasteiger charge is 2.18. The van der Waals surface area contributed by atoms with Crippen molar-refractivity contribution in [3.63, 3.8) is 0 Å². The monoisotopic (exact) mass is 341 g/mol. The number of nitrogens with zero attached hydrogens (tertiary/aromatic N) is 2. The van der Waals surface area contributed by atoms with E-state index in [-0.39, 0.29) is 12.3 Å². The predicted molar refractivity (Wildman–Crippen MR) is 99.2 cm³/mol. The number of ketones is 1. The Bertz CT molecular complexity index is 1060. The normalized spacial score (nSPS) is 10.6. The summed E-state index contributed by atoms with van der Waals surface area (Å²) in [5.41, 5.74) is 0.675. The number of carbonyl (C=O) groups is 1. The van der Waals surface area contributed by atoms with Gasteiger partial charge < -0.3 is 4.74 Å². The zero-order valence-electron chi connectivity index (χ0n) is 14.1. The highest BCUT2D eigenvalue weighted by atomic mass is 16.5. The zero-order chi connectivity index (χ0) is 17.8. The molecule has 0 radical (unpaired) electrons. The smallest absolute Gasteiger partial charge is 0.392 e. The fourth-order valence-electron chi connectivity index (χ4n) is 2.81. The lowest BCUT2D eigenvalue weighted by atomic mass is 10.1. The van der Waals surface area contributed by atoms with Crippen LogP contribution < -0.4 is 9.30 Å². The Balaban J connectivity index is 1.60. The molecule has 4 aromatic rings. The summed E-state index contributed by atoms with van der Waals surface area (Å²) in [5, 5.41) is 2.25. The van der Waals surface area contributed by atoms with E-state index >= 15 is 0 Å². The molecule has 0 aliphatic rings. The average molecular weight is 341 g/mol. The fraction of sp³-hybridized carbons (Fsp3) is 0.0455. The molecule has 0 atom stereocenters. The highest BCUT2D eigenvalue weighted by molar-refractivity contribution is 5.95. The van der Waals surface area contributed by atoms with Crippen LogP contribution in [0.2, 0.25) is 0 Å². The Morgan fingerprint density at radius 1 is 0.923 bits per heavy atom. The maximum absolute atomic E-state index is 12.5. The number of rotatable bonds is 5. The molecule has 1 aromatic heterocycles. The maximum Gasteiger partial charge on any atom is 0.392 e. The van der Waals surface area contributed by atoms with Gasteiger partial charge in [0.15, 0.2) is 6.20 Å². The van der Waals surface area contributed by atoms with E-state index in [9.17, 15) is 4.79 Å². The highest BCUT2D eigenvalue weighted by Crippen LogP contribution is 2.23. The summed E-state index contributed by atoms with van der Waals surface area (Å²) in [6.45, 7) is 0.190. The van der Waals surface area contributed by atoms with Gasteiger partial charge in [-0.25, -0.2) is 4.98 Å². The summed E-state index contributed by atoms with van der Waals surface area (Å²) >= 11 is 0. The molecule has 0 aliphatic carbocycles. The molecule has 0 saturated heterocycles. The van der Waals surface area contributed by atoms with Crippen LogP contribution in [0.3, 0.4) is 0 Å². The summed E-state index contributed by atoms with van der Waals surface area (Å²) in [7, 11) is 0. The van der Waals surface area contributed by atoms with E-state index in [0.29, 0.717) is 17.2 Å². The summed E-state index contributed by atoms with van der Waals surface area (Å²) in [6, 6.07) is 23.2. The largest absolute Gasteiger partial charge is 0.404 e. The van der Waals surface area contributed by atoms with E-state index in [1.54, 1.807) is 23.2 Å². The second-order valence-corrected chi connectivity index (χ2v) is 5.94. The van der Waals surface area contributed by atoms with Gasteiger partial charge >= 0.3 is 5.88 Å². The van der Waals surface area contributed by atoms with Crippen LogP contribution in [0.5, 0.6) is 11.6 Å². The van der Waals surface area contributed by atoms with Gasteiger partial charge in [-0.2, -0.15) is 4.57 Å². The first kappa shape index (κ1) is 16.0. The van der Waals surface area contributed by atoms with E-state index in [1.165, 1.54) is 0 Å². The third-order valence-corrected chi connectivity index (χ3v) is 4.15. The molecule has 3 aromatic carbocycles. The van der Waals surface area contributed by atoms with Crippen LogP contribution in [0.15, 0.2) is 91.4 Å². The van der Waals surface area contributed by atoms with Gasteiger partial charge in [0, 0.05) is 5.56 Å². The Morgan fingerprint density at radius 2 is 1.69 bits per heavy atom. The van der Waals surface area contributed by atoms with Crippen molar-refractivity contribution in [2.45, 2.75) is 6.54 Å². The molecule has 4 rings (SSSR count). The standard InChI is InChI=1S/C22H17N2O2/c25-21(18-7-2-1-3-8-18)16-24-13-12-23-15-22(24)26-20-11-10-17-6-4-5-9-19(17)14-20/h1-15H,16H2/q+1. The van der Waals surface area contributed by atoms with Crippen molar-refractivity contribution in [2.75, 3.05) is 0 Å². The van der Waals surface area contributed by atoms with Crippen molar-refractivity contribution in [1.29, 1.82) is 0 Å². The molecule has 1 heterocycles. The number of hydrogen-bond donors (Lipinski definition) is 0. The van der Waals surface area contributed by atoms with Crippen LogP contribution in [-0.2, 0) is 6.54 Å². The first-order valence-electron chi connectivity index (χ1n) is 8.38. The molecular weight excluding hydrogens is 324 g/mol. The van der Waals surface area contributed by atoms with Crippen LogP contribution in [0.25, 0.3) is 10.8 Å². The molecule has 0 aliphatic heterocycles. The molecule has 0 fully saturated rings. The van der Waals surface area contributed by atoms with Gasteiger partial charge in [0.2, 0.25) is 12.3 Å². The quantitative estimate of drug-likeness (QED) is 0.404. The Kier molecular flexibility index (Phi) is 4.39. The van der Waals surface area contributed by atoms with Crippen molar-refractivity contribution >= 4 is 16.6 Å². The first-order chi connectivity index (χ1) is 12.8. The Hall–Kier alpha value is -3.53. The molecule has 26 heavy (non-hydrogen) atoms. The molecular formula is C22H17N2O2+. The molecule has 126 valence electrons. The van der Waals surface area contributed by atoms with E-state index in [1.807, 2.05) is 66.7 Å². The van der Waals surface area contributed by atoms with E-state index < -0.39 is 0 Å². The SMILES string of the molecule is O=C(C[n+]1ccncc1Oc1ccc2ccccc2c1)c1ccccc1. The molecule has 0 N–H and O–H groups in total. The van der Waals surface area contributed by atoms with Crippen LogP contribution in [0.4, 0.5) is 0 Å². The first-order valence-corrected chi connectivity index (χ1v) is 8.38. The molecule has 0 saturated carbocycles. The molecule has 0 spiro atoms. The van der Waals surface area contributed by atoms with Gasteiger partial charge in [0.1, 0.15) is 11.9 Å². The summed E-state index contributed by atoms with van der Waals surface area (Å²) in [4.78, 5) is 16.6. The minimum Gasteiger partial charge on any atom is -0.404 e. The topological polar surface area (TPSA) is 43.1 Å². The average Bonchev–Trinajstić information content (AvgIpc) is 2.70. The van der Waals surface area contributed by atoms with Crippen LogP contribution in [0.1, 0.15) is 10.4 Å². The van der Waals surface area contributed by atoms with E-state index in [4.69, 9.17) is 4.74 Å². The number of aromatic nitrogens is 2. The van der Waals surface area contributed by atoms with Crippen molar-refractivity contribution < 1.29 is 14.1 Å². The lowest BCUT2D eigenvalue weighted by Gasteiger charge is -2.06. The van der Waals surface area contributed by atoms with Gasteiger partial charge in [-0.05, 0) is 22.9 Å². The number of ether oxygens (including phenoxy) is 1. The second-order valence-electron chi connectivity index (χ2n) is 5.94. The number of Topliss-reactive ketones (excluding diaryl/α,β-unsaturated/α-hetero) is 1. The van der Waals surface area contributed by atoms with Crippen molar-refractivity contribution in [2.24, 2.45) is 0 Å². The number of hydrogen-bond acceptors (Lipinski definition) is 3. The van der Waals surface area contributed by atoms with Crippen molar-refractivity contribution in [3.8, 4) is 11.6 Å². The van der Waals surface area contributed by atoms with Crippen LogP contribution >= 0.6 is 0 Å². The number of fused-ring (bicyclic) bond motifs is 1. The minimum absolute atomic E-state index is 0.0187. The molecule has 0 amide bonds. The van der Waals surface area contributed by atoms with Gasteiger partial charge in [-0.1, -0.05) is 60.7 Å². The van der Waals surface area contributed by atoms with Crippen LogP contribution in [-0.4, -0.2) is 10.8 Å². The summed E-state index contributed by atoms with van der Waals surface area (Å²) < 4.78 is 7.76. The fourth-order valence-corrected chi connectivity index (χ4v) is 2.81. The predicted octanol–water partition coefficient (Wildman–Crippen LogP) is 4.20. The third-order valence-electron chi connectivity index (χ3n) is 4.15. The van der Waals surface area contributed by atoms with Crippen LogP contribution in [0, 0.1) is 0 Å². The van der Waals surface area contributed by atoms with Gasteiger partial charge in [-0.3, -0.25) is 4.79 Å². The zero-order valence-corrected chi connectivity index (χ0v) is 14.1. The Morgan fingerprint density at radius 3 is 2.54 bits per heavy atom. The van der Waals surface area contributed by atoms with E-state index in [0.717, 1.165) is 10.8 Å². The van der Waals surface area contributed by atoms with Crippen molar-refractivity contribution in [1.82, 2.24) is 4.98 Å². The number of carbonyl (C=O) groups excluding carboxylic acids is 1. The lowest BCUT2D eigenvalue weighted by molar-refractivity contribution is -0.687. The number of benzene rings is 3. The van der Waals surface area contributed by atoms with Gasteiger partial charge in [0.25, 0.3) is 0 Å². The second kappa shape index (κ2) is 7.15. The molecule has 0 bridgehead atoms. The van der Waals surface area contributed by atoms with Gasteiger partial charge in [-0.15, -0.1) is 0 Å². The molecule has 0 unspecified atom stereocenters. The molecule has 4 nitrogen and oxygen atoms in total. The summed E-state index contributed by atoms with van der Waals surface area (Å²) in [6.07, 6.45) is 5.01. The summed E-state index contributed by atoms with van der Waals surface area (Å²) in [5.74, 6) is 1.25. The maximum atomic E-state index is 12.5. The third kappa shape index (κ3) is 3.44. The van der Waals surface area contributed by atoms with E-state index in [2.05, 4.69) is 11.1 Å². The minimum atomic E-state index is 0.0187. The lowest BCUT2D eigenvalue weighted by Crippen LogP contribution is -2.39.